The number of anilines is 2. The number of aliphatic hydroxyl groups excluding tert-OH is 1. The van der Waals surface area contributed by atoms with Crippen molar-refractivity contribution in [2.75, 3.05) is 29.5 Å². The second-order valence-electron chi connectivity index (χ2n) is 11.8. The minimum atomic E-state index is -5.07. The van der Waals surface area contributed by atoms with E-state index in [1.54, 1.807) is 6.92 Å². The maximum Gasteiger partial charge on any atom is 0.416 e. The molecule has 46 heavy (non-hydrogen) atoms. The first-order chi connectivity index (χ1) is 21.4. The number of rotatable bonds is 10. The van der Waals surface area contributed by atoms with E-state index < -0.39 is 41.8 Å². The molecule has 1 aromatic heterocycles. The van der Waals surface area contributed by atoms with E-state index in [1.165, 1.54) is 24.9 Å². The van der Waals surface area contributed by atoms with Crippen LogP contribution in [0.5, 0.6) is 0 Å². The van der Waals surface area contributed by atoms with Crippen molar-refractivity contribution in [3.63, 3.8) is 0 Å². The molecule has 3 aromatic rings. The van der Waals surface area contributed by atoms with Gasteiger partial charge in [0.25, 0.3) is 5.95 Å². The van der Waals surface area contributed by atoms with Crippen LogP contribution in [-0.4, -0.2) is 45.0 Å². The minimum absolute atomic E-state index is 0.0267. The minimum Gasteiger partial charge on any atom is -0.396 e. The molecule has 0 aliphatic heterocycles. The molecule has 0 atom stereocenters. The van der Waals surface area contributed by atoms with Crippen molar-refractivity contribution in [2.24, 2.45) is 18.9 Å². The van der Waals surface area contributed by atoms with Crippen molar-refractivity contribution in [2.45, 2.75) is 71.1 Å². The van der Waals surface area contributed by atoms with E-state index in [4.69, 9.17) is 0 Å². The van der Waals surface area contributed by atoms with E-state index in [0.29, 0.717) is 30.8 Å². The van der Waals surface area contributed by atoms with Crippen LogP contribution in [0.25, 0.3) is 0 Å². The summed E-state index contributed by atoms with van der Waals surface area (Å²) in [5, 5.41) is 21.2. The molecule has 1 saturated carbocycles. The van der Waals surface area contributed by atoms with Gasteiger partial charge >= 0.3 is 18.5 Å². The molecule has 254 valence electrons. The predicted molar refractivity (Wildman–Crippen MR) is 152 cm³/mol. The maximum absolute atomic E-state index is 14.1. The third kappa shape index (κ3) is 8.62. The van der Waals surface area contributed by atoms with E-state index in [2.05, 4.69) is 15.4 Å². The zero-order valence-corrected chi connectivity index (χ0v) is 25.4. The Morgan fingerprint density at radius 1 is 0.804 bits per heavy atom. The molecule has 16 heteroatoms. The van der Waals surface area contributed by atoms with Gasteiger partial charge in [-0.05, 0) is 97.5 Å². The summed E-state index contributed by atoms with van der Waals surface area (Å²) >= 11 is 0. The molecule has 1 aliphatic rings. The summed E-state index contributed by atoms with van der Waals surface area (Å²) in [5.41, 5.74) is -3.72. The van der Waals surface area contributed by atoms with E-state index in [9.17, 15) is 44.6 Å². The summed E-state index contributed by atoms with van der Waals surface area (Å²) in [6.45, 7) is 3.13. The molecule has 0 radical (unpaired) electrons. The fraction of sp³-hybridized carbons (Fsp3) is 0.567. The number of benzene rings is 2. The van der Waals surface area contributed by atoms with Crippen LogP contribution in [0.2, 0.25) is 0 Å². The van der Waals surface area contributed by atoms with Crippen LogP contribution in [0.1, 0.15) is 66.0 Å². The number of aliphatic hydroxyl groups is 1. The topological polar surface area (TPSA) is 70.3 Å². The lowest BCUT2D eigenvalue weighted by molar-refractivity contribution is -0.143. The first-order valence-corrected chi connectivity index (χ1v) is 14.7. The molecule has 0 unspecified atom stereocenters. The molecule has 0 spiro atoms. The standard InChI is InChI=1S/C30H35F9N6O/c1-4-44(14-19-5-7-20(17-46)8-6-19)26-13-25(30(37,38)39)18(2)9-22(26)16-45(27-40-42-43(3)41-27)15-21-10-23(28(31,32)33)12-24(11-21)29(34,35)36/h9-13,19-20,46H,4-8,14-17H2,1-3H3/t19-,20-. The van der Waals surface area contributed by atoms with Crippen molar-refractivity contribution in [3.05, 3.63) is 63.7 Å². The monoisotopic (exact) mass is 666 g/mol. The molecule has 0 saturated heterocycles. The van der Waals surface area contributed by atoms with Crippen LogP contribution in [0.4, 0.5) is 51.1 Å². The highest BCUT2D eigenvalue weighted by Crippen LogP contribution is 2.40. The third-order valence-corrected chi connectivity index (χ3v) is 8.32. The van der Waals surface area contributed by atoms with Crippen molar-refractivity contribution in [3.8, 4) is 0 Å². The number of alkyl halides is 9. The van der Waals surface area contributed by atoms with Crippen molar-refractivity contribution in [1.82, 2.24) is 20.2 Å². The summed E-state index contributed by atoms with van der Waals surface area (Å²) in [7, 11) is 1.42. The number of tetrazole rings is 1. The molecule has 1 N–H and O–H groups in total. The van der Waals surface area contributed by atoms with Gasteiger partial charge in [-0.25, -0.2) is 0 Å². The Balaban J connectivity index is 1.78. The highest BCUT2D eigenvalue weighted by Gasteiger charge is 2.38. The highest BCUT2D eigenvalue weighted by molar-refractivity contribution is 5.59. The summed E-state index contributed by atoms with van der Waals surface area (Å²) in [6, 6.07) is 3.60. The van der Waals surface area contributed by atoms with Crippen LogP contribution >= 0.6 is 0 Å². The normalized spacial score (nSPS) is 17.8. The molecule has 2 aromatic carbocycles. The van der Waals surface area contributed by atoms with E-state index >= 15 is 0 Å². The average molecular weight is 667 g/mol. The van der Waals surface area contributed by atoms with Gasteiger partial charge in [0.15, 0.2) is 0 Å². The van der Waals surface area contributed by atoms with E-state index in [0.717, 1.165) is 36.5 Å². The number of nitrogens with zero attached hydrogens (tertiary/aromatic N) is 6. The maximum atomic E-state index is 14.1. The Labute approximate surface area is 260 Å². The van der Waals surface area contributed by atoms with Crippen molar-refractivity contribution in [1.29, 1.82) is 0 Å². The zero-order valence-electron chi connectivity index (χ0n) is 25.4. The number of aromatic nitrogens is 4. The molecule has 4 rings (SSSR count). The first-order valence-electron chi connectivity index (χ1n) is 14.7. The Morgan fingerprint density at radius 2 is 1.39 bits per heavy atom. The zero-order chi connectivity index (χ0) is 34.0. The van der Waals surface area contributed by atoms with Crippen LogP contribution < -0.4 is 9.80 Å². The van der Waals surface area contributed by atoms with Crippen LogP contribution in [0.15, 0.2) is 30.3 Å². The van der Waals surface area contributed by atoms with Gasteiger partial charge in [-0.3, -0.25) is 0 Å². The highest BCUT2D eigenvalue weighted by atomic mass is 19.4. The molecule has 0 amide bonds. The number of aryl methyl sites for hydroxylation is 2. The molecule has 7 nitrogen and oxygen atoms in total. The quantitative estimate of drug-likeness (QED) is 0.228. The van der Waals surface area contributed by atoms with E-state index in [-0.39, 0.29) is 53.8 Å². The summed E-state index contributed by atoms with van der Waals surface area (Å²) in [5.74, 6) is 0.192. The molecule has 1 heterocycles. The van der Waals surface area contributed by atoms with Crippen LogP contribution in [0, 0.1) is 18.8 Å². The fourth-order valence-electron chi connectivity index (χ4n) is 5.92. The van der Waals surface area contributed by atoms with Gasteiger partial charge in [0.05, 0.1) is 23.7 Å². The number of halogens is 9. The number of hydrogen-bond acceptors (Lipinski definition) is 6. The van der Waals surface area contributed by atoms with Crippen molar-refractivity contribution < 1.29 is 44.6 Å². The van der Waals surface area contributed by atoms with Gasteiger partial charge in [0.2, 0.25) is 0 Å². The number of hydrogen-bond donors (Lipinski definition) is 1. The van der Waals surface area contributed by atoms with Gasteiger partial charge in [0.1, 0.15) is 0 Å². The largest absolute Gasteiger partial charge is 0.416 e. The molecular formula is C30H35F9N6O. The Bertz CT molecular complexity index is 1440. The summed E-state index contributed by atoms with van der Waals surface area (Å²) < 4.78 is 124. The molecule has 0 bridgehead atoms. The average Bonchev–Trinajstić information content (AvgIpc) is 3.40. The Hall–Kier alpha value is -3.56. The Morgan fingerprint density at radius 3 is 1.87 bits per heavy atom. The van der Waals surface area contributed by atoms with Gasteiger partial charge < -0.3 is 14.9 Å². The molecule has 1 fully saturated rings. The second kappa shape index (κ2) is 13.7. The van der Waals surface area contributed by atoms with Gasteiger partial charge in [0, 0.05) is 38.5 Å². The van der Waals surface area contributed by atoms with Crippen LogP contribution in [0.3, 0.4) is 0 Å². The van der Waals surface area contributed by atoms with E-state index in [1.807, 2.05) is 4.90 Å². The van der Waals surface area contributed by atoms with Crippen LogP contribution in [-0.2, 0) is 38.7 Å². The lowest BCUT2D eigenvalue weighted by atomic mass is 9.82. The van der Waals surface area contributed by atoms with Gasteiger partial charge in [-0.2, -0.15) is 44.3 Å². The predicted octanol–water partition coefficient (Wildman–Crippen LogP) is 7.41. The molecular weight excluding hydrogens is 631 g/mol. The summed E-state index contributed by atoms with van der Waals surface area (Å²) in [6.07, 6.45) is -11.7. The first kappa shape index (κ1) is 35.3. The smallest absolute Gasteiger partial charge is 0.396 e. The SMILES string of the molecule is CCN(C[C@H]1CC[C@H](CO)CC1)c1cc(C(F)(F)F)c(C)cc1CN(Cc1cc(C(F)(F)F)cc(C(F)(F)F)c1)c1nnn(C)n1. The second-order valence-corrected chi connectivity index (χ2v) is 11.8. The lowest BCUT2D eigenvalue weighted by Crippen LogP contribution is -2.34. The lowest BCUT2D eigenvalue weighted by Gasteiger charge is -2.35. The fourth-order valence-corrected chi connectivity index (χ4v) is 5.92. The molecule has 1 aliphatic carbocycles. The van der Waals surface area contributed by atoms with Gasteiger partial charge in [-0.15, -0.1) is 5.10 Å². The summed E-state index contributed by atoms with van der Waals surface area (Å²) in [4.78, 5) is 4.15. The van der Waals surface area contributed by atoms with Gasteiger partial charge in [-0.1, -0.05) is 11.2 Å². The Kier molecular flexibility index (Phi) is 10.5. The van der Waals surface area contributed by atoms with Crippen molar-refractivity contribution >= 4 is 11.6 Å². The third-order valence-electron chi connectivity index (χ3n) is 8.32.